The Bertz CT molecular complexity index is 212. The fourth-order valence-corrected chi connectivity index (χ4v) is 2.75. The number of hydrogen-bond acceptors (Lipinski definition) is 4. The summed E-state index contributed by atoms with van der Waals surface area (Å²) in [6.45, 7) is 0. The molecule has 1 aliphatic rings. The highest BCUT2D eigenvalue weighted by Gasteiger charge is 2.40. The quantitative estimate of drug-likeness (QED) is 0.353. The topological polar surface area (TPSA) is 72.7 Å². The van der Waals surface area contributed by atoms with Crippen molar-refractivity contribution in [1.29, 1.82) is 0 Å². The van der Waals surface area contributed by atoms with Crippen molar-refractivity contribution in [2.75, 3.05) is 0 Å². The van der Waals surface area contributed by atoms with Crippen molar-refractivity contribution in [2.24, 2.45) is 0 Å². The Kier molecular flexibility index (Phi) is 3.11. The minimum atomic E-state index is -4.23. The van der Waals surface area contributed by atoms with Gasteiger partial charge in [-0.15, -0.1) is 6.42 Å². The van der Waals surface area contributed by atoms with Crippen LogP contribution in [0.4, 0.5) is 0 Å². The molecule has 0 unspecified atom stereocenters. The molecular formula is C8H15NO3Si. The highest BCUT2D eigenvalue weighted by Crippen LogP contribution is 2.27. The van der Waals surface area contributed by atoms with E-state index >= 15 is 0 Å². The first-order valence-electron chi connectivity index (χ1n) is 4.42. The third-order valence-electron chi connectivity index (χ3n) is 2.39. The van der Waals surface area contributed by atoms with Crippen molar-refractivity contribution in [2.45, 2.75) is 37.6 Å². The van der Waals surface area contributed by atoms with Gasteiger partial charge in [0.05, 0.1) is 5.54 Å². The Hall–Kier alpha value is -0.383. The lowest BCUT2D eigenvalue weighted by Crippen LogP contribution is -2.62. The fourth-order valence-electron chi connectivity index (χ4n) is 1.78. The van der Waals surface area contributed by atoms with Gasteiger partial charge in [-0.05, 0) is 12.8 Å². The molecule has 0 amide bonds. The molecule has 0 heterocycles. The van der Waals surface area contributed by atoms with E-state index in [0.717, 1.165) is 19.3 Å². The normalized spacial score (nSPS) is 22.3. The number of rotatable bonds is 2. The van der Waals surface area contributed by atoms with Gasteiger partial charge in [0, 0.05) is 0 Å². The highest BCUT2D eigenvalue weighted by molar-refractivity contribution is 6.53. The van der Waals surface area contributed by atoms with Crippen molar-refractivity contribution in [1.82, 2.24) is 4.98 Å². The van der Waals surface area contributed by atoms with Crippen molar-refractivity contribution in [3.8, 4) is 12.3 Å². The van der Waals surface area contributed by atoms with Gasteiger partial charge in [-0.2, -0.15) is 0 Å². The van der Waals surface area contributed by atoms with Gasteiger partial charge in [0.15, 0.2) is 0 Å². The zero-order valence-corrected chi connectivity index (χ0v) is 8.45. The van der Waals surface area contributed by atoms with Crippen LogP contribution in [0.15, 0.2) is 0 Å². The molecule has 5 heteroatoms. The van der Waals surface area contributed by atoms with E-state index in [1.807, 2.05) is 0 Å². The molecule has 1 saturated carbocycles. The average molecular weight is 201 g/mol. The van der Waals surface area contributed by atoms with E-state index < -0.39 is 14.5 Å². The summed E-state index contributed by atoms with van der Waals surface area (Å²) in [5.41, 5.74) is -0.706. The monoisotopic (exact) mass is 201 g/mol. The van der Waals surface area contributed by atoms with E-state index in [4.69, 9.17) is 20.8 Å². The molecular weight excluding hydrogens is 186 g/mol. The first kappa shape index (κ1) is 10.7. The first-order chi connectivity index (χ1) is 5.97. The van der Waals surface area contributed by atoms with Crippen LogP contribution >= 0.6 is 0 Å². The number of nitrogens with one attached hydrogen (secondary N) is 1. The largest absolute Gasteiger partial charge is 0.589 e. The maximum Gasteiger partial charge on any atom is 0.589 e. The summed E-state index contributed by atoms with van der Waals surface area (Å²) in [7, 11) is -4.23. The summed E-state index contributed by atoms with van der Waals surface area (Å²) < 4.78 is 0. The predicted molar refractivity (Wildman–Crippen MR) is 50.2 cm³/mol. The average Bonchev–Trinajstić information content (AvgIpc) is 2.03. The molecule has 0 aromatic heterocycles. The van der Waals surface area contributed by atoms with Crippen LogP contribution in [0.5, 0.6) is 0 Å². The minimum Gasteiger partial charge on any atom is -0.377 e. The van der Waals surface area contributed by atoms with Gasteiger partial charge >= 0.3 is 8.97 Å². The molecule has 1 fully saturated rings. The number of terminal acetylenes is 1. The van der Waals surface area contributed by atoms with Gasteiger partial charge in [-0.25, -0.2) is 0 Å². The molecule has 0 bridgehead atoms. The van der Waals surface area contributed by atoms with E-state index in [1.165, 1.54) is 0 Å². The summed E-state index contributed by atoms with van der Waals surface area (Å²) in [5.74, 6) is 2.52. The van der Waals surface area contributed by atoms with Crippen LogP contribution in [0, 0.1) is 12.3 Å². The molecule has 0 aliphatic heterocycles. The SMILES string of the molecule is C#CC1(N[Si](O)(O)O)CCCCC1. The Morgan fingerprint density at radius 2 is 1.69 bits per heavy atom. The third kappa shape index (κ3) is 3.10. The molecule has 0 radical (unpaired) electrons. The summed E-state index contributed by atoms with van der Waals surface area (Å²) in [6, 6.07) is 0. The van der Waals surface area contributed by atoms with Gasteiger partial charge in [0.1, 0.15) is 0 Å². The first-order valence-corrected chi connectivity index (χ1v) is 6.26. The van der Waals surface area contributed by atoms with Gasteiger partial charge in [-0.3, -0.25) is 4.98 Å². The predicted octanol–water partition coefficient (Wildman–Crippen LogP) is -0.675. The molecule has 0 aromatic carbocycles. The summed E-state index contributed by atoms with van der Waals surface area (Å²) in [5, 5.41) is 0. The molecule has 0 spiro atoms. The summed E-state index contributed by atoms with van der Waals surface area (Å²) in [6.07, 6.45) is 9.74. The Labute approximate surface area is 79.1 Å². The summed E-state index contributed by atoms with van der Waals surface area (Å²) in [4.78, 5) is 29.1. The Balaban J connectivity index is 2.65. The lowest BCUT2D eigenvalue weighted by Gasteiger charge is -2.35. The van der Waals surface area contributed by atoms with Crippen LogP contribution in [0.3, 0.4) is 0 Å². The standard InChI is InChI=1S/C8H15NO3Si/c1-2-8(9-13(10,11)12)6-4-3-5-7-8/h1,9-12H,3-7H2. The van der Waals surface area contributed by atoms with Gasteiger partial charge in [0.2, 0.25) is 0 Å². The van der Waals surface area contributed by atoms with Crippen LogP contribution < -0.4 is 4.98 Å². The lowest BCUT2D eigenvalue weighted by molar-refractivity contribution is 0.178. The van der Waals surface area contributed by atoms with Crippen LogP contribution in [-0.2, 0) is 0 Å². The second-order valence-corrected chi connectivity index (χ2v) is 5.07. The van der Waals surface area contributed by atoms with Crippen molar-refractivity contribution in [3.63, 3.8) is 0 Å². The maximum atomic E-state index is 8.91. The fraction of sp³-hybridized carbons (Fsp3) is 0.750. The number of hydrogen-bond donors (Lipinski definition) is 4. The smallest absolute Gasteiger partial charge is 0.377 e. The molecule has 0 saturated heterocycles. The van der Waals surface area contributed by atoms with Crippen LogP contribution in [0.2, 0.25) is 0 Å². The Morgan fingerprint density at radius 1 is 1.15 bits per heavy atom. The van der Waals surface area contributed by atoms with Crippen LogP contribution in [0.25, 0.3) is 0 Å². The van der Waals surface area contributed by atoms with Crippen molar-refractivity contribution < 1.29 is 14.4 Å². The van der Waals surface area contributed by atoms with E-state index in [1.54, 1.807) is 0 Å². The van der Waals surface area contributed by atoms with Crippen LogP contribution in [-0.4, -0.2) is 28.9 Å². The molecule has 0 aromatic rings. The van der Waals surface area contributed by atoms with Gasteiger partial charge in [-0.1, -0.05) is 25.2 Å². The maximum absolute atomic E-state index is 8.91. The third-order valence-corrected chi connectivity index (χ3v) is 3.20. The van der Waals surface area contributed by atoms with E-state index in [0.29, 0.717) is 12.8 Å². The lowest BCUT2D eigenvalue weighted by atomic mass is 9.83. The van der Waals surface area contributed by atoms with Crippen molar-refractivity contribution in [3.05, 3.63) is 0 Å². The molecule has 4 N–H and O–H groups in total. The zero-order chi connectivity index (χ0) is 9.95. The summed E-state index contributed by atoms with van der Waals surface area (Å²) >= 11 is 0. The molecule has 4 nitrogen and oxygen atoms in total. The van der Waals surface area contributed by atoms with E-state index in [9.17, 15) is 0 Å². The van der Waals surface area contributed by atoms with E-state index in [2.05, 4.69) is 10.9 Å². The molecule has 0 atom stereocenters. The van der Waals surface area contributed by atoms with Crippen LogP contribution in [0.1, 0.15) is 32.1 Å². The highest BCUT2D eigenvalue weighted by atomic mass is 28.4. The molecule has 13 heavy (non-hydrogen) atoms. The molecule has 74 valence electrons. The minimum absolute atomic E-state index is 0.694. The molecule has 1 rings (SSSR count). The Morgan fingerprint density at radius 3 is 2.08 bits per heavy atom. The van der Waals surface area contributed by atoms with E-state index in [-0.39, 0.29) is 0 Å². The zero-order valence-electron chi connectivity index (χ0n) is 7.45. The second kappa shape index (κ2) is 3.78. The van der Waals surface area contributed by atoms with Crippen molar-refractivity contribution >= 4 is 8.97 Å². The molecule has 1 aliphatic carbocycles. The van der Waals surface area contributed by atoms with Gasteiger partial charge < -0.3 is 14.4 Å². The van der Waals surface area contributed by atoms with Gasteiger partial charge in [0.25, 0.3) is 0 Å². The second-order valence-electron chi connectivity index (χ2n) is 3.55.